The highest BCUT2D eigenvalue weighted by Gasteiger charge is 2.32. The highest BCUT2D eigenvalue weighted by atomic mass is 19.4. The molecule has 3 rings (SSSR count). The summed E-state index contributed by atoms with van der Waals surface area (Å²) in [5.74, 6) is 0. The van der Waals surface area contributed by atoms with E-state index in [1.165, 1.54) is 41.8 Å². The van der Waals surface area contributed by atoms with Crippen molar-refractivity contribution in [1.29, 1.82) is 0 Å². The number of allylic oxidation sites excluding steroid dienone is 1. The molecule has 0 saturated heterocycles. The average Bonchev–Trinajstić information content (AvgIpc) is 2.83. The first-order valence-corrected chi connectivity index (χ1v) is 7.72. The van der Waals surface area contributed by atoms with E-state index >= 15 is 0 Å². The molecule has 0 aromatic heterocycles. The van der Waals surface area contributed by atoms with Gasteiger partial charge in [0, 0.05) is 12.2 Å². The maximum Gasteiger partial charge on any atom is 0.416 e. The zero-order chi connectivity index (χ0) is 15.9. The van der Waals surface area contributed by atoms with Gasteiger partial charge in [-0.05, 0) is 61.4 Å². The number of nitrogens with zero attached hydrogens (tertiary/aromatic N) is 1. The van der Waals surface area contributed by atoms with Gasteiger partial charge in [0.1, 0.15) is 0 Å². The molecule has 1 atom stereocenters. The lowest BCUT2D eigenvalue weighted by Crippen LogP contribution is -2.24. The standard InChI is InChI=1S/C18H20F3N/c1-12-11-22(17-6-4-3-5-16(12)17)13(2)14-7-9-15(10-8-14)18(19,20)21/h7-10,13H,1,3-6,11H2,2H3/t13-/m0/s1. The lowest BCUT2D eigenvalue weighted by atomic mass is 9.94. The lowest BCUT2D eigenvalue weighted by molar-refractivity contribution is -0.137. The molecule has 118 valence electrons. The van der Waals surface area contributed by atoms with E-state index in [1.54, 1.807) is 12.1 Å². The molecule has 0 spiro atoms. The summed E-state index contributed by atoms with van der Waals surface area (Å²) >= 11 is 0. The molecular weight excluding hydrogens is 287 g/mol. The Morgan fingerprint density at radius 1 is 1.09 bits per heavy atom. The molecule has 1 aromatic carbocycles. The van der Waals surface area contributed by atoms with Crippen LogP contribution in [0, 0.1) is 0 Å². The van der Waals surface area contributed by atoms with Crippen molar-refractivity contribution in [3.63, 3.8) is 0 Å². The summed E-state index contributed by atoms with van der Waals surface area (Å²) in [4.78, 5) is 2.30. The summed E-state index contributed by atoms with van der Waals surface area (Å²) in [6, 6.07) is 5.61. The SMILES string of the molecule is C=C1CN([C@@H](C)c2ccc(C(F)(F)F)cc2)C2=C1CCCC2. The Kier molecular flexibility index (Phi) is 3.79. The topological polar surface area (TPSA) is 3.24 Å². The number of alkyl halides is 3. The summed E-state index contributed by atoms with van der Waals surface area (Å²) < 4.78 is 38.0. The van der Waals surface area contributed by atoms with E-state index in [-0.39, 0.29) is 6.04 Å². The molecule has 1 heterocycles. The Morgan fingerprint density at radius 2 is 1.73 bits per heavy atom. The molecule has 1 aromatic rings. The Morgan fingerprint density at radius 3 is 2.36 bits per heavy atom. The molecule has 0 fully saturated rings. The van der Waals surface area contributed by atoms with Gasteiger partial charge in [0.05, 0.1) is 11.6 Å². The zero-order valence-corrected chi connectivity index (χ0v) is 12.7. The van der Waals surface area contributed by atoms with Crippen molar-refractivity contribution >= 4 is 0 Å². The molecule has 22 heavy (non-hydrogen) atoms. The molecule has 1 aliphatic carbocycles. The van der Waals surface area contributed by atoms with Gasteiger partial charge in [-0.3, -0.25) is 0 Å². The van der Waals surface area contributed by atoms with Gasteiger partial charge in [0.2, 0.25) is 0 Å². The highest BCUT2D eigenvalue weighted by Crippen LogP contribution is 2.41. The van der Waals surface area contributed by atoms with E-state index in [0.717, 1.165) is 24.9 Å². The molecular formula is C18H20F3N. The lowest BCUT2D eigenvalue weighted by Gasteiger charge is -2.31. The first-order chi connectivity index (χ1) is 10.4. The smallest absolute Gasteiger partial charge is 0.364 e. The van der Waals surface area contributed by atoms with Gasteiger partial charge in [0.25, 0.3) is 0 Å². The molecule has 0 amide bonds. The summed E-state index contributed by atoms with van der Waals surface area (Å²) in [7, 11) is 0. The van der Waals surface area contributed by atoms with E-state index in [0.29, 0.717) is 0 Å². The number of benzene rings is 1. The number of hydrogen-bond acceptors (Lipinski definition) is 1. The summed E-state index contributed by atoms with van der Waals surface area (Å²) in [6.45, 7) is 7.02. The van der Waals surface area contributed by atoms with Gasteiger partial charge in [-0.25, -0.2) is 0 Å². The van der Waals surface area contributed by atoms with Gasteiger partial charge in [-0.1, -0.05) is 18.7 Å². The Hall–Kier alpha value is -1.71. The fourth-order valence-corrected chi connectivity index (χ4v) is 3.48. The van der Waals surface area contributed by atoms with Crippen molar-refractivity contribution in [3.05, 3.63) is 58.8 Å². The zero-order valence-electron chi connectivity index (χ0n) is 12.7. The fourth-order valence-electron chi connectivity index (χ4n) is 3.48. The minimum Gasteiger partial charge on any atom is -0.364 e. The van der Waals surface area contributed by atoms with Crippen LogP contribution in [0.2, 0.25) is 0 Å². The molecule has 1 nitrogen and oxygen atoms in total. The first-order valence-electron chi connectivity index (χ1n) is 7.72. The molecule has 0 unspecified atom stereocenters. The average molecular weight is 307 g/mol. The summed E-state index contributed by atoms with van der Waals surface area (Å²) in [5, 5.41) is 0. The Balaban J connectivity index is 1.84. The van der Waals surface area contributed by atoms with Crippen LogP contribution in [-0.4, -0.2) is 11.4 Å². The van der Waals surface area contributed by atoms with Crippen molar-refractivity contribution in [2.24, 2.45) is 0 Å². The minimum atomic E-state index is -4.28. The normalized spacial score (nSPS) is 20.4. The first kappa shape index (κ1) is 15.2. The minimum absolute atomic E-state index is 0.0737. The third-order valence-electron chi connectivity index (χ3n) is 4.76. The van der Waals surface area contributed by atoms with E-state index < -0.39 is 11.7 Å². The Labute approximate surface area is 129 Å². The predicted octanol–water partition coefficient (Wildman–Crippen LogP) is 5.47. The van der Waals surface area contributed by atoms with Crippen molar-refractivity contribution in [2.75, 3.05) is 6.54 Å². The number of hydrogen-bond donors (Lipinski definition) is 0. The third-order valence-corrected chi connectivity index (χ3v) is 4.76. The van der Waals surface area contributed by atoms with E-state index in [2.05, 4.69) is 18.4 Å². The largest absolute Gasteiger partial charge is 0.416 e. The van der Waals surface area contributed by atoms with E-state index in [4.69, 9.17) is 0 Å². The quantitative estimate of drug-likeness (QED) is 0.700. The van der Waals surface area contributed by atoms with Gasteiger partial charge in [-0.15, -0.1) is 0 Å². The van der Waals surface area contributed by atoms with Gasteiger partial charge < -0.3 is 4.90 Å². The molecule has 2 aliphatic rings. The summed E-state index contributed by atoms with van der Waals surface area (Å²) in [5.41, 5.74) is 4.23. The number of rotatable bonds is 2. The monoisotopic (exact) mass is 307 g/mol. The maximum absolute atomic E-state index is 12.7. The van der Waals surface area contributed by atoms with Crippen LogP contribution < -0.4 is 0 Å². The predicted molar refractivity (Wildman–Crippen MR) is 81.2 cm³/mol. The van der Waals surface area contributed by atoms with E-state index in [1.807, 2.05) is 0 Å². The second-order valence-electron chi connectivity index (χ2n) is 6.16. The Bertz CT molecular complexity index is 610. The van der Waals surface area contributed by atoms with Crippen molar-refractivity contribution in [2.45, 2.75) is 44.8 Å². The van der Waals surface area contributed by atoms with Gasteiger partial charge in [-0.2, -0.15) is 13.2 Å². The van der Waals surface area contributed by atoms with E-state index in [9.17, 15) is 13.2 Å². The second kappa shape index (κ2) is 5.49. The second-order valence-corrected chi connectivity index (χ2v) is 6.16. The van der Waals surface area contributed by atoms with Gasteiger partial charge in [0.15, 0.2) is 0 Å². The van der Waals surface area contributed by atoms with Crippen LogP contribution in [0.25, 0.3) is 0 Å². The van der Waals surface area contributed by atoms with Crippen LogP contribution >= 0.6 is 0 Å². The third kappa shape index (κ3) is 2.67. The fraction of sp³-hybridized carbons (Fsp3) is 0.444. The molecule has 1 aliphatic heterocycles. The van der Waals surface area contributed by atoms with Crippen LogP contribution in [0.4, 0.5) is 13.2 Å². The number of halogens is 3. The van der Waals surface area contributed by atoms with Crippen LogP contribution in [0.1, 0.15) is 49.8 Å². The van der Waals surface area contributed by atoms with Crippen molar-refractivity contribution < 1.29 is 13.2 Å². The van der Waals surface area contributed by atoms with Crippen LogP contribution in [0.3, 0.4) is 0 Å². The van der Waals surface area contributed by atoms with Crippen molar-refractivity contribution in [3.8, 4) is 0 Å². The van der Waals surface area contributed by atoms with Gasteiger partial charge >= 0.3 is 6.18 Å². The summed E-state index contributed by atoms with van der Waals surface area (Å²) in [6.07, 6.45) is 0.259. The molecule has 4 heteroatoms. The molecule has 0 N–H and O–H groups in total. The molecule has 0 saturated carbocycles. The molecule has 0 radical (unpaired) electrons. The van der Waals surface area contributed by atoms with Crippen LogP contribution in [-0.2, 0) is 6.18 Å². The highest BCUT2D eigenvalue weighted by molar-refractivity contribution is 5.42. The maximum atomic E-state index is 12.7. The van der Waals surface area contributed by atoms with Crippen LogP contribution in [0.5, 0.6) is 0 Å². The van der Waals surface area contributed by atoms with Crippen molar-refractivity contribution in [1.82, 2.24) is 4.90 Å². The molecule has 0 bridgehead atoms. The van der Waals surface area contributed by atoms with Crippen LogP contribution in [0.15, 0.2) is 47.7 Å².